The SMILES string of the molecule is CC1CCN(C(=O)CSc2nc(-c3ccc(C(C)(C)C)cc3)nc3cc(=O)[nH]n23)CC1. The second kappa shape index (κ2) is 8.49. The lowest BCUT2D eigenvalue weighted by Gasteiger charge is -2.30. The number of nitrogens with one attached hydrogen (secondary N) is 1. The number of hydrogen-bond acceptors (Lipinski definition) is 5. The van der Waals surface area contributed by atoms with Crippen LogP contribution in [0.2, 0.25) is 0 Å². The van der Waals surface area contributed by atoms with E-state index in [1.165, 1.54) is 23.4 Å². The summed E-state index contributed by atoms with van der Waals surface area (Å²) in [6.07, 6.45) is 2.10. The van der Waals surface area contributed by atoms with Gasteiger partial charge in [0.2, 0.25) is 5.91 Å². The van der Waals surface area contributed by atoms with Crippen molar-refractivity contribution in [2.45, 2.75) is 51.1 Å². The van der Waals surface area contributed by atoms with E-state index in [9.17, 15) is 9.59 Å². The van der Waals surface area contributed by atoms with Crippen LogP contribution in [0, 0.1) is 5.92 Å². The molecule has 1 aliphatic rings. The first-order valence-corrected chi connectivity index (χ1v) is 11.7. The third-order valence-electron chi connectivity index (χ3n) is 5.79. The van der Waals surface area contributed by atoms with Gasteiger partial charge >= 0.3 is 0 Å². The Morgan fingerprint density at radius 2 is 1.84 bits per heavy atom. The summed E-state index contributed by atoms with van der Waals surface area (Å²) in [5.41, 5.74) is 2.42. The molecule has 0 aliphatic carbocycles. The Morgan fingerprint density at radius 3 is 2.48 bits per heavy atom. The average molecular weight is 440 g/mol. The molecule has 2 aromatic heterocycles. The van der Waals surface area contributed by atoms with E-state index in [-0.39, 0.29) is 22.6 Å². The summed E-state index contributed by atoms with van der Waals surface area (Å²) < 4.78 is 1.56. The van der Waals surface area contributed by atoms with Crippen molar-refractivity contribution in [1.82, 2.24) is 24.5 Å². The van der Waals surface area contributed by atoms with Crippen molar-refractivity contribution in [1.29, 1.82) is 0 Å². The molecule has 4 rings (SSSR count). The second-order valence-electron chi connectivity index (χ2n) is 9.32. The molecule has 1 fully saturated rings. The number of thioether (sulfide) groups is 1. The minimum atomic E-state index is -0.243. The van der Waals surface area contributed by atoms with Crippen LogP contribution in [0.1, 0.15) is 46.1 Å². The Hall–Kier alpha value is -2.61. The molecule has 1 N–H and O–H groups in total. The molecule has 1 saturated heterocycles. The van der Waals surface area contributed by atoms with Crippen molar-refractivity contribution >= 4 is 23.3 Å². The highest BCUT2D eigenvalue weighted by Gasteiger charge is 2.21. The van der Waals surface area contributed by atoms with E-state index in [1.807, 2.05) is 17.0 Å². The number of piperidine rings is 1. The molecule has 31 heavy (non-hydrogen) atoms. The number of aromatic amines is 1. The topological polar surface area (TPSA) is 83.4 Å². The van der Waals surface area contributed by atoms with Crippen LogP contribution in [0.25, 0.3) is 17.0 Å². The van der Waals surface area contributed by atoms with Crippen LogP contribution < -0.4 is 5.56 Å². The number of hydrogen-bond donors (Lipinski definition) is 1. The van der Waals surface area contributed by atoms with E-state index < -0.39 is 0 Å². The number of carbonyl (C=O) groups is 1. The molecule has 164 valence electrons. The van der Waals surface area contributed by atoms with Gasteiger partial charge in [-0.1, -0.05) is 63.7 Å². The number of fused-ring (bicyclic) bond motifs is 1. The monoisotopic (exact) mass is 439 g/mol. The smallest absolute Gasteiger partial charge is 0.266 e. The fraction of sp³-hybridized carbons (Fsp3) is 0.478. The normalized spacial score (nSPS) is 15.5. The Bertz CT molecular complexity index is 1140. The first kappa shape index (κ1) is 21.6. The third kappa shape index (κ3) is 4.84. The molecule has 1 aromatic carbocycles. The predicted molar refractivity (Wildman–Crippen MR) is 123 cm³/mol. The summed E-state index contributed by atoms with van der Waals surface area (Å²) in [6, 6.07) is 9.63. The molecule has 8 heteroatoms. The van der Waals surface area contributed by atoms with E-state index in [4.69, 9.17) is 0 Å². The zero-order valence-corrected chi connectivity index (χ0v) is 19.3. The fourth-order valence-corrected chi connectivity index (χ4v) is 4.56. The van der Waals surface area contributed by atoms with Crippen LogP contribution in [-0.4, -0.2) is 49.2 Å². The van der Waals surface area contributed by atoms with Crippen LogP contribution in [0.5, 0.6) is 0 Å². The maximum Gasteiger partial charge on any atom is 0.266 e. The van der Waals surface area contributed by atoms with Crippen LogP contribution in [-0.2, 0) is 10.2 Å². The van der Waals surface area contributed by atoms with Gasteiger partial charge in [-0.15, -0.1) is 0 Å². The highest BCUT2D eigenvalue weighted by atomic mass is 32.2. The lowest BCUT2D eigenvalue weighted by Crippen LogP contribution is -2.38. The van der Waals surface area contributed by atoms with Gasteiger partial charge in [-0.3, -0.25) is 14.7 Å². The van der Waals surface area contributed by atoms with Gasteiger partial charge in [-0.25, -0.2) is 14.5 Å². The van der Waals surface area contributed by atoms with Crippen molar-refractivity contribution in [3.05, 3.63) is 46.2 Å². The molecule has 0 radical (unpaired) electrons. The number of likely N-dealkylation sites (tertiary alicyclic amines) is 1. The molecule has 7 nitrogen and oxygen atoms in total. The van der Waals surface area contributed by atoms with Crippen LogP contribution in [0.15, 0.2) is 40.3 Å². The molecule has 1 amide bonds. The largest absolute Gasteiger partial charge is 0.342 e. The van der Waals surface area contributed by atoms with Crippen molar-refractivity contribution in [3.8, 4) is 11.4 Å². The van der Waals surface area contributed by atoms with Crippen molar-refractivity contribution in [2.24, 2.45) is 5.92 Å². The first-order valence-electron chi connectivity index (χ1n) is 10.7. The van der Waals surface area contributed by atoms with E-state index in [0.29, 0.717) is 22.5 Å². The van der Waals surface area contributed by atoms with E-state index in [0.717, 1.165) is 31.5 Å². The van der Waals surface area contributed by atoms with E-state index in [2.05, 4.69) is 54.9 Å². The summed E-state index contributed by atoms with van der Waals surface area (Å²) in [6.45, 7) is 10.4. The van der Waals surface area contributed by atoms with Crippen LogP contribution in [0.3, 0.4) is 0 Å². The summed E-state index contributed by atoms with van der Waals surface area (Å²) in [4.78, 5) is 35.8. The Balaban J connectivity index is 1.59. The van der Waals surface area contributed by atoms with Crippen molar-refractivity contribution in [3.63, 3.8) is 0 Å². The number of amides is 1. The Kier molecular flexibility index (Phi) is 5.92. The molecule has 0 atom stereocenters. The number of benzene rings is 1. The zero-order chi connectivity index (χ0) is 22.2. The van der Waals surface area contributed by atoms with Crippen LogP contribution >= 0.6 is 11.8 Å². The number of carbonyl (C=O) groups excluding carboxylic acids is 1. The van der Waals surface area contributed by atoms with Gasteiger partial charge < -0.3 is 4.90 Å². The molecule has 1 aliphatic heterocycles. The molecule has 0 unspecified atom stereocenters. The highest BCUT2D eigenvalue weighted by molar-refractivity contribution is 7.99. The standard InChI is InChI=1S/C23H29N5O2S/c1-15-9-11-27(12-10-15)20(30)14-31-22-25-21(24-18-13-19(29)26-28(18)22)16-5-7-17(8-6-16)23(2,3)4/h5-8,13,15H,9-12,14H2,1-4H3,(H,26,29). The summed E-state index contributed by atoms with van der Waals surface area (Å²) >= 11 is 1.33. The lowest BCUT2D eigenvalue weighted by molar-refractivity contribution is -0.129. The fourth-order valence-electron chi connectivity index (χ4n) is 3.70. The minimum absolute atomic E-state index is 0.0604. The number of H-pyrrole nitrogens is 1. The van der Waals surface area contributed by atoms with E-state index in [1.54, 1.807) is 4.52 Å². The maximum atomic E-state index is 12.7. The summed E-state index contributed by atoms with van der Waals surface area (Å²) in [5, 5.41) is 3.29. The predicted octanol–water partition coefficient (Wildman–Crippen LogP) is 3.73. The van der Waals surface area contributed by atoms with Crippen LogP contribution in [0.4, 0.5) is 0 Å². The van der Waals surface area contributed by atoms with Gasteiger partial charge in [0.25, 0.3) is 5.56 Å². The second-order valence-corrected chi connectivity index (χ2v) is 10.3. The number of rotatable bonds is 4. The van der Waals surface area contributed by atoms with Gasteiger partial charge in [0.05, 0.1) is 5.75 Å². The number of nitrogens with zero attached hydrogens (tertiary/aromatic N) is 4. The molecule has 0 saturated carbocycles. The van der Waals surface area contributed by atoms with Gasteiger partial charge in [0, 0.05) is 24.7 Å². The molecule has 3 aromatic rings. The molecule has 0 spiro atoms. The zero-order valence-electron chi connectivity index (χ0n) is 18.5. The summed E-state index contributed by atoms with van der Waals surface area (Å²) in [5.74, 6) is 1.61. The van der Waals surface area contributed by atoms with E-state index >= 15 is 0 Å². The number of aromatic nitrogens is 4. The van der Waals surface area contributed by atoms with Crippen molar-refractivity contribution in [2.75, 3.05) is 18.8 Å². The molecule has 3 heterocycles. The van der Waals surface area contributed by atoms with Gasteiger partial charge in [-0.05, 0) is 29.7 Å². The average Bonchev–Trinajstić information content (AvgIpc) is 3.12. The molecular weight excluding hydrogens is 410 g/mol. The van der Waals surface area contributed by atoms with Gasteiger partial charge in [-0.2, -0.15) is 0 Å². The minimum Gasteiger partial charge on any atom is -0.342 e. The quantitative estimate of drug-likeness (QED) is 0.626. The third-order valence-corrected chi connectivity index (χ3v) is 6.72. The highest BCUT2D eigenvalue weighted by Crippen LogP contribution is 2.26. The van der Waals surface area contributed by atoms with Gasteiger partial charge in [0.15, 0.2) is 16.6 Å². The molecule has 0 bridgehead atoms. The maximum absolute atomic E-state index is 12.7. The van der Waals surface area contributed by atoms with Gasteiger partial charge in [0.1, 0.15) is 0 Å². The molecular formula is C23H29N5O2S. The van der Waals surface area contributed by atoms with Crippen molar-refractivity contribution < 1.29 is 4.79 Å². The first-order chi connectivity index (χ1) is 14.7. The summed E-state index contributed by atoms with van der Waals surface area (Å²) in [7, 11) is 0. The Morgan fingerprint density at radius 1 is 1.16 bits per heavy atom. The Labute approximate surface area is 186 Å². The lowest BCUT2D eigenvalue weighted by atomic mass is 9.87.